The van der Waals surface area contributed by atoms with Crippen LogP contribution in [0.5, 0.6) is 0 Å². The predicted molar refractivity (Wildman–Crippen MR) is 81.9 cm³/mol. The van der Waals surface area contributed by atoms with Crippen LogP contribution in [0.25, 0.3) is 0 Å². The van der Waals surface area contributed by atoms with E-state index in [1.54, 1.807) is 4.90 Å². The first-order chi connectivity index (χ1) is 9.20. The molecule has 98 valence electrons. The van der Waals surface area contributed by atoms with Crippen molar-refractivity contribution in [1.82, 2.24) is 0 Å². The van der Waals surface area contributed by atoms with Crippen molar-refractivity contribution in [1.29, 1.82) is 0 Å². The standard InChI is InChI=1S/C16H17NOS/c1-2-17(14-6-4-3-5-7-14)16(18)12-13-8-10-15(19)11-9-13/h3-11,19H,2,12H2,1H3. The van der Waals surface area contributed by atoms with Crippen molar-refractivity contribution >= 4 is 24.2 Å². The molecule has 0 saturated carbocycles. The van der Waals surface area contributed by atoms with E-state index in [1.807, 2.05) is 61.5 Å². The van der Waals surface area contributed by atoms with Crippen LogP contribution in [0.4, 0.5) is 5.69 Å². The van der Waals surface area contributed by atoms with Crippen molar-refractivity contribution < 1.29 is 4.79 Å². The van der Waals surface area contributed by atoms with Crippen LogP contribution in [0.2, 0.25) is 0 Å². The van der Waals surface area contributed by atoms with Crippen LogP contribution in [0, 0.1) is 0 Å². The molecule has 0 aliphatic heterocycles. The van der Waals surface area contributed by atoms with Crippen LogP contribution >= 0.6 is 12.6 Å². The van der Waals surface area contributed by atoms with E-state index in [2.05, 4.69) is 12.6 Å². The molecule has 0 aliphatic rings. The molecule has 0 heterocycles. The Labute approximate surface area is 119 Å². The summed E-state index contributed by atoms with van der Waals surface area (Å²) in [5.41, 5.74) is 1.96. The molecule has 0 aliphatic carbocycles. The van der Waals surface area contributed by atoms with E-state index in [0.29, 0.717) is 13.0 Å². The van der Waals surface area contributed by atoms with Crippen molar-refractivity contribution in [3.05, 3.63) is 60.2 Å². The van der Waals surface area contributed by atoms with Crippen molar-refractivity contribution in [3.8, 4) is 0 Å². The summed E-state index contributed by atoms with van der Waals surface area (Å²) in [6, 6.07) is 17.5. The van der Waals surface area contributed by atoms with Gasteiger partial charge < -0.3 is 4.90 Å². The van der Waals surface area contributed by atoms with E-state index in [0.717, 1.165) is 16.1 Å². The molecule has 0 fully saturated rings. The maximum absolute atomic E-state index is 12.3. The number of amides is 1. The van der Waals surface area contributed by atoms with Crippen LogP contribution in [-0.2, 0) is 11.2 Å². The summed E-state index contributed by atoms with van der Waals surface area (Å²) in [5.74, 6) is 0.112. The fourth-order valence-electron chi connectivity index (χ4n) is 1.99. The van der Waals surface area contributed by atoms with Gasteiger partial charge in [0.05, 0.1) is 6.42 Å². The van der Waals surface area contributed by atoms with Gasteiger partial charge in [-0.25, -0.2) is 0 Å². The smallest absolute Gasteiger partial charge is 0.231 e. The highest BCUT2D eigenvalue weighted by Crippen LogP contribution is 2.15. The maximum Gasteiger partial charge on any atom is 0.231 e. The zero-order valence-electron chi connectivity index (χ0n) is 10.9. The summed E-state index contributed by atoms with van der Waals surface area (Å²) < 4.78 is 0. The van der Waals surface area contributed by atoms with Crippen LogP contribution in [0.3, 0.4) is 0 Å². The number of benzene rings is 2. The Balaban J connectivity index is 2.11. The quantitative estimate of drug-likeness (QED) is 0.843. The lowest BCUT2D eigenvalue weighted by molar-refractivity contribution is -0.117. The molecule has 2 rings (SSSR count). The highest BCUT2D eigenvalue weighted by Gasteiger charge is 2.13. The Hall–Kier alpha value is -1.74. The fraction of sp³-hybridized carbons (Fsp3) is 0.188. The fourth-order valence-corrected chi connectivity index (χ4v) is 2.14. The second-order valence-corrected chi connectivity index (χ2v) is 4.83. The van der Waals surface area contributed by atoms with E-state index in [9.17, 15) is 4.79 Å². The average molecular weight is 271 g/mol. The zero-order valence-corrected chi connectivity index (χ0v) is 11.8. The van der Waals surface area contributed by atoms with Crippen molar-refractivity contribution in [3.63, 3.8) is 0 Å². The first kappa shape index (κ1) is 13.7. The third-order valence-corrected chi connectivity index (χ3v) is 3.27. The van der Waals surface area contributed by atoms with Gasteiger partial charge in [0, 0.05) is 17.1 Å². The topological polar surface area (TPSA) is 20.3 Å². The molecule has 0 spiro atoms. The summed E-state index contributed by atoms with van der Waals surface area (Å²) in [5, 5.41) is 0. The van der Waals surface area contributed by atoms with Crippen molar-refractivity contribution in [2.45, 2.75) is 18.2 Å². The van der Waals surface area contributed by atoms with E-state index in [-0.39, 0.29) is 5.91 Å². The minimum Gasteiger partial charge on any atom is -0.312 e. The number of carbonyl (C=O) groups excluding carboxylic acids is 1. The van der Waals surface area contributed by atoms with Crippen LogP contribution in [0.15, 0.2) is 59.5 Å². The monoisotopic (exact) mass is 271 g/mol. The lowest BCUT2D eigenvalue weighted by Crippen LogP contribution is -2.31. The van der Waals surface area contributed by atoms with Gasteiger partial charge in [0.15, 0.2) is 0 Å². The van der Waals surface area contributed by atoms with E-state index < -0.39 is 0 Å². The molecule has 0 radical (unpaired) electrons. The SMILES string of the molecule is CCN(C(=O)Cc1ccc(S)cc1)c1ccccc1. The summed E-state index contributed by atoms with van der Waals surface area (Å²) in [7, 11) is 0. The number of rotatable bonds is 4. The number of anilines is 1. The molecule has 2 aromatic carbocycles. The minimum absolute atomic E-state index is 0.112. The van der Waals surface area contributed by atoms with E-state index in [4.69, 9.17) is 0 Å². The Morgan fingerprint density at radius 3 is 2.26 bits per heavy atom. The van der Waals surface area contributed by atoms with Gasteiger partial charge in [-0.1, -0.05) is 30.3 Å². The molecule has 0 saturated heterocycles. The molecule has 2 aromatic rings. The highest BCUT2D eigenvalue weighted by molar-refractivity contribution is 7.80. The molecular weight excluding hydrogens is 254 g/mol. The van der Waals surface area contributed by atoms with Crippen LogP contribution in [0.1, 0.15) is 12.5 Å². The van der Waals surface area contributed by atoms with Gasteiger partial charge in [-0.2, -0.15) is 0 Å². The van der Waals surface area contributed by atoms with Gasteiger partial charge >= 0.3 is 0 Å². The molecule has 2 nitrogen and oxygen atoms in total. The number of carbonyl (C=O) groups is 1. The summed E-state index contributed by atoms with van der Waals surface area (Å²) >= 11 is 4.24. The first-order valence-corrected chi connectivity index (χ1v) is 6.78. The van der Waals surface area contributed by atoms with Gasteiger partial charge in [0.1, 0.15) is 0 Å². The summed E-state index contributed by atoms with van der Waals surface area (Å²) in [4.78, 5) is 15.0. The molecule has 1 amide bonds. The molecule has 3 heteroatoms. The molecule has 0 aromatic heterocycles. The molecule has 0 bridgehead atoms. The highest BCUT2D eigenvalue weighted by atomic mass is 32.1. The number of likely N-dealkylation sites (N-methyl/N-ethyl adjacent to an activating group) is 1. The molecule has 0 unspecified atom stereocenters. The third kappa shape index (κ3) is 3.61. The van der Waals surface area contributed by atoms with Crippen LogP contribution in [-0.4, -0.2) is 12.5 Å². The number of para-hydroxylation sites is 1. The Morgan fingerprint density at radius 1 is 1.05 bits per heavy atom. The van der Waals surface area contributed by atoms with Gasteiger partial charge in [-0.15, -0.1) is 12.6 Å². The Morgan fingerprint density at radius 2 is 1.68 bits per heavy atom. The number of hydrogen-bond acceptors (Lipinski definition) is 2. The van der Waals surface area contributed by atoms with Gasteiger partial charge in [-0.3, -0.25) is 4.79 Å². The van der Waals surface area contributed by atoms with Crippen LogP contribution < -0.4 is 4.90 Å². The number of nitrogens with zero attached hydrogens (tertiary/aromatic N) is 1. The molecule has 0 atom stereocenters. The van der Waals surface area contributed by atoms with E-state index >= 15 is 0 Å². The lowest BCUT2D eigenvalue weighted by Gasteiger charge is -2.21. The zero-order chi connectivity index (χ0) is 13.7. The third-order valence-electron chi connectivity index (χ3n) is 2.98. The number of thiol groups is 1. The minimum atomic E-state index is 0.112. The molecule has 19 heavy (non-hydrogen) atoms. The first-order valence-electron chi connectivity index (χ1n) is 6.34. The van der Waals surface area contributed by atoms with E-state index in [1.165, 1.54) is 0 Å². The lowest BCUT2D eigenvalue weighted by atomic mass is 10.1. The Bertz CT molecular complexity index is 536. The van der Waals surface area contributed by atoms with Gasteiger partial charge in [-0.05, 0) is 36.8 Å². The Kier molecular flexibility index (Phi) is 4.63. The van der Waals surface area contributed by atoms with Crippen molar-refractivity contribution in [2.24, 2.45) is 0 Å². The summed E-state index contributed by atoms with van der Waals surface area (Å²) in [6.45, 7) is 2.66. The normalized spacial score (nSPS) is 10.2. The second kappa shape index (κ2) is 6.43. The average Bonchev–Trinajstić information content (AvgIpc) is 2.43. The maximum atomic E-state index is 12.3. The largest absolute Gasteiger partial charge is 0.312 e. The van der Waals surface area contributed by atoms with Gasteiger partial charge in [0.25, 0.3) is 0 Å². The van der Waals surface area contributed by atoms with Gasteiger partial charge in [0.2, 0.25) is 5.91 Å². The molecular formula is C16H17NOS. The number of hydrogen-bond donors (Lipinski definition) is 1. The predicted octanol–water partition coefficient (Wildman–Crippen LogP) is 3.57. The van der Waals surface area contributed by atoms with Crippen molar-refractivity contribution in [2.75, 3.05) is 11.4 Å². The second-order valence-electron chi connectivity index (χ2n) is 4.32. The molecule has 0 N–H and O–H groups in total. The summed E-state index contributed by atoms with van der Waals surface area (Å²) in [6.07, 6.45) is 0.413.